The average molecular weight is 327 g/mol. The lowest BCUT2D eigenvalue weighted by atomic mass is 9.93. The van der Waals surface area contributed by atoms with E-state index in [2.05, 4.69) is 26.0 Å². The summed E-state index contributed by atoms with van der Waals surface area (Å²) in [4.78, 5) is 35.9. The molecule has 1 aliphatic heterocycles. The molecule has 0 radical (unpaired) electrons. The molecular weight excluding hydrogens is 310 g/mol. The van der Waals surface area contributed by atoms with Gasteiger partial charge in [-0.05, 0) is 12.1 Å². The van der Waals surface area contributed by atoms with Gasteiger partial charge in [0.05, 0.1) is 11.2 Å². The zero-order valence-corrected chi connectivity index (χ0v) is 13.4. The van der Waals surface area contributed by atoms with Crippen LogP contribution in [0, 0.1) is 5.92 Å². The van der Waals surface area contributed by atoms with Gasteiger partial charge in [-0.1, -0.05) is 19.9 Å². The van der Waals surface area contributed by atoms with Gasteiger partial charge in [0.25, 0.3) is 0 Å². The Labute approximate surface area is 138 Å². The van der Waals surface area contributed by atoms with Crippen molar-refractivity contribution in [3.8, 4) is 0 Å². The second-order valence-electron chi connectivity index (χ2n) is 5.52. The van der Waals surface area contributed by atoms with Gasteiger partial charge in [0.2, 0.25) is 5.91 Å². The van der Waals surface area contributed by atoms with Crippen LogP contribution in [-0.4, -0.2) is 27.6 Å². The Hall–Kier alpha value is -3.03. The third kappa shape index (κ3) is 3.17. The minimum absolute atomic E-state index is 0.0288. The first kappa shape index (κ1) is 15.9. The summed E-state index contributed by atoms with van der Waals surface area (Å²) in [6.45, 7) is 3.66. The van der Waals surface area contributed by atoms with E-state index < -0.39 is 0 Å². The highest BCUT2D eigenvalue weighted by molar-refractivity contribution is 6.07. The largest absolute Gasteiger partial charge is 0.342 e. The summed E-state index contributed by atoms with van der Waals surface area (Å²) in [5.41, 5.74) is 7.44. The molecular formula is C16H17N5O3. The Bertz CT molecular complexity index is 834. The number of carbonyl (C=O) groups excluding carboxylic acids is 2. The molecule has 2 heterocycles. The van der Waals surface area contributed by atoms with Crippen LogP contribution in [0.3, 0.4) is 0 Å². The van der Waals surface area contributed by atoms with Crippen molar-refractivity contribution >= 4 is 34.3 Å². The Morgan fingerprint density at radius 2 is 2.25 bits per heavy atom. The first-order valence-corrected chi connectivity index (χ1v) is 7.65. The van der Waals surface area contributed by atoms with Gasteiger partial charge in [-0.3, -0.25) is 4.79 Å². The van der Waals surface area contributed by atoms with Crippen molar-refractivity contribution < 1.29 is 14.4 Å². The van der Waals surface area contributed by atoms with Gasteiger partial charge in [0.1, 0.15) is 6.33 Å². The van der Waals surface area contributed by atoms with E-state index in [1.807, 2.05) is 25.1 Å². The summed E-state index contributed by atoms with van der Waals surface area (Å²) in [7, 11) is 0. The van der Waals surface area contributed by atoms with Gasteiger partial charge in [-0.2, -0.15) is 10.6 Å². The standard InChI is InChI=1S/C16H17N5O3/c1-3-14(23)24-21-16-11-5-4-10(7-12(11)17-8-18-16)15-9(2)6-13(22)19-20-15/h4-5,7-9H,3,6H2,1-2H3,(H,19,22)(H,17,18,21). The minimum Gasteiger partial charge on any atom is -0.342 e. The molecule has 0 saturated heterocycles. The van der Waals surface area contributed by atoms with Crippen molar-refractivity contribution in [2.45, 2.75) is 26.7 Å². The second kappa shape index (κ2) is 6.61. The van der Waals surface area contributed by atoms with Crippen LogP contribution in [0.5, 0.6) is 0 Å². The van der Waals surface area contributed by atoms with Gasteiger partial charge in [-0.15, -0.1) is 0 Å². The lowest BCUT2D eigenvalue weighted by molar-refractivity contribution is -0.140. The topological polar surface area (TPSA) is 106 Å². The molecule has 1 atom stereocenters. The predicted octanol–water partition coefficient (Wildman–Crippen LogP) is 1.77. The summed E-state index contributed by atoms with van der Waals surface area (Å²) in [6, 6.07) is 5.58. The van der Waals surface area contributed by atoms with Gasteiger partial charge in [-0.25, -0.2) is 20.2 Å². The lowest BCUT2D eigenvalue weighted by Gasteiger charge is -2.19. The normalized spacial score (nSPS) is 17.2. The molecule has 24 heavy (non-hydrogen) atoms. The van der Waals surface area contributed by atoms with Crippen LogP contribution in [0.25, 0.3) is 10.9 Å². The molecule has 2 N–H and O–H groups in total. The van der Waals surface area contributed by atoms with Crippen LogP contribution in [0.4, 0.5) is 5.82 Å². The highest BCUT2D eigenvalue weighted by Gasteiger charge is 2.22. The number of hydrazone groups is 1. The highest BCUT2D eigenvalue weighted by atomic mass is 16.7. The van der Waals surface area contributed by atoms with Gasteiger partial charge in [0.15, 0.2) is 5.82 Å². The first-order valence-electron chi connectivity index (χ1n) is 7.65. The van der Waals surface area contributed by atoms with E-state index in [9.17, 15) is 9.59 Å². The van der Waals surface area contributed by atoms with Gasteiger partial charge in [0, 0.05) is 29.7 Å². The number of anilines is 1. The number of fused-ring (bicyclic) bond motifs is 1. The number of carbonyl (C=O) groups is 2. The zero-order valence-electron chi connectivity index (χ0n) is 13.4. The van der Waals surface area contributed by atoms with E-state index >= 15 is 0 Å². The molecule has 124 valence electrons. The fourth-order valence-corrected chi connectivity index (χ4v) is 2.48. The molecule has 0 spiro atoms. The highest BCUT2D eigenvalue weighted by Crippen LogP contribution is 2.23. The molecule has 8 heteroatoms. The number of aromatic nitrogens is 2. The number of hydrogen-bond donors (Lipinski definition) is 2. The summed E-state index contributed by atoms with van der Waals surface area (Å²) in [5.74, 6) is -0.0143. The van der Waals surface area contributed by atoms with Gasteiger partial charge < -0.3 is 4.84 Å². The molecule has 1 aromatic carbocycles. The van der Waals surface area contributed by atoms with E-state index in [0.717, 1.165) is 16.7 Å². The Balaban J connectivity index is 1.92. The summed E-state index contributed by atoms with van der Waals surface area (Å²) < 4.78 is 0. The molecule has 0 bridgehead atoms. The molecule has 1 aliphatic rings. The van der Waals surface area contributed by atoms with Crippen molar-refractivity contribution in [3.05, 3.63) is 30.1 Å². The van der Waals surface area contributed by atoms with Crippen molar-refractivity contribution in [1.82, 2.24) is 15.4 Å². The number of hydrogen-bond acceptors (Lipinski definition) is 7. The van der Waals surface area contributed by atoms with Crippen molar-refractivity contribution in [2.75, 3.05) is 5.48 Å². The van der Waals surface area contributed by atoms with E-state index in [4.69, 9.17) is 4.84 Å². The zero-order chi connectivity index (χ0) is 17.1. The summed E-state index contributed by atoms with van der Waals surface area (Å²) in [6.07, 6.45) is 2.06. The minimum atomic E-state index is -0.375. The fraction of sp³-hybridized carbons (Fsp3) is 0.312. The number of rotatable bonds is 4. The summed E-state index contributed by atoms with van der Waals surface area (Å²) >= 11 is 0. The molecule has 8 nitrogen and oxygen atoms in total. The number of benzene rings is 1. The quantitative estimate of drug-likeness (QED) is 0.829. The van der Waals surface area contributed by atoms with Crippen LogP contribution >= 0.6 is 0 Å². The van der Waals surface area contributed by atoms with E-state index in [1.54, 1.807) is 6.92 Å². The monoisotopic (exact) mass is 327 g/mol. The number of amides is 1. The number of nitrogens with one attached hydrogen (secondary N) is 2. The molecule has 1 unspecified atom stereocenters. The predicted molar refractivity (Wildman–Crippen MR) is 88.0 cm³/mol. The lowest BCUT2D eigenvalue weighted by Crippen LogP contribution is -2.31. The Morgan fingerprint density at radius 1 is 1.42 bits per heavy atom. The van der Waals surface area contributed by atoms with E-state index in [1.165, 1.54) is 6.33 Å². The second-order valence-corrected chi connectivity index (χ2v) is 5.52. The molecule has 2 aromatic rings. The fourth-order valence-electron chi connectivity index (χ4n) is 2.48. The Kier molecular flexibility index (Phi) is 4.37. The van der Waals surface area contributed by atoms with Crippen molar-refractivity contribution in [3.63, 3.8) is 0 Å². The van der Waals surface area contributed by atoms with Gasteiger partial charge >= 0.3 is 5.97 Å². The van der Waals surface area contributed by atoms with E-state index in [0.29, 0.717) is 17.8 Å². The van der Waals surface area contributed by atoms with Crippen molar-refractivity contribution in [1.29, 1.82) is 0 Å². The molecule has 0 fully saturated rings. The SMILES string of the molecule is CCC(=O)ONc1ncnc2cc(C3=NNC(=O)CC3C)ccc12. The third-order valence-electron chi connectivity index (χ3n) is 3.74. The number of nitrogens with zero attached hydrogens (tertiary/aromatic N) is 3. The van der Waals surface area contributed by atoms with Crippen LogP contribution < -0.4 is 10.9 Å². The molecule has 1 aromatic heterocycles. The van der Waals surface area contributed by atoms with E-state index in [-0.39, 0.29) is 24.2 Å². The summed E-state index contributed by atoms with van der Waals surface area (Å²) in [5, 5.41) is 4.87. The van der Waals surface area contributed by atoms with Crippen LogP contribution in [-0.2, 0) is 14.4 Å². The molecule has 3 rings (SSSR count). The maximum atomic E-state index is 11.4. The molecule has 0 saturated carbocycles. The smallest absolute Gasteiger partial charge is 0.331 e. The van der Waals surface area contributed by atoms with Crippen LogP contribution in [0.1, 0.15) is 32.3 Å². The van der Waals surface area contributed by atoms with Crippen molar-refractivity contribution in [2.24, 2.45) is 11.0 Å². The third-order valence-corrected chi connectivity index (χ3v) is 3.74. The maximum Gasteiger partial charge on any atom is 0.331 e. The molecule has 0 aliphatic carbocycles. The first-order chi connectivity index (χ1) is 11.6. The van der Waals surface area contributed by atoms with Crippen LogP contribution in [0.15, 0.2) is 29.6 Å². The average Bonchev–Trinajstić information content (AvgIpc) is 2.59. The Morgan fingerprint density at radius 3 is 3.00 bits per heavy atom. The molecule has 1 amide bonds. The van der Waals surface area contributed by atoms with Crippen LogP contribution in [0.2, 0.25) is 0 Å². The maximum absolute atomic E-state index is 11.4.